The Morgan fingerprint density at radius 1 is 0.929 bits per heavy atom. The highest BCUT2D eigenvalue weighted by atomic mass is 16.5. The number of aliphatic imine (C=N–C) groups is 1. The summed E-state index contributed by atoms with van der Waals surface area (Å²) in [5, 5.41) is 1.30. The van der Waals surface area contributed by atoms with Crippen molar-refractivity contribution in [3.63, 3.8) is 0 Å². The maximum Gasteiger partial charge on any atom is 0.345 e. The smallest absolute Gasteiger partial charge is 0.345 e. The highest BCUT2D eigenvalue weighted by Crippen LogP contribution is 2.39. The molecule has 1 aliphatic carbocycles. The first-order valence-corrected chi connectivity index (χ1v) is 9.18. The first-order chi connectivity index (χ1) is 13.8. The Morgan fingerprint density at radius 2 is 1.79 bits per heavy atom. The van der Waals surface area contributed by atoms with E-state index < -0.39 is 0 Å². The van der Waals surface area contributed by atoms with E-state index in [1.165, 1.54) is 0 Å². The molecule has 1 aliphatic heterocycles. The van der Waals surface area contributed by atoms with E-state index in [4.69, 9.17) is 14.1 Å². The highest BCUT2D eigenvalue weighted by molar-refractivity contribution is 6.03. The Kier molecular flexibility index (Phi) is 3.09. The summed E-state index contributed by atoms with van der Waals surface area (Å²) in [4.78, 5) is 22.0. The summed E-state index contributed by atoms with van der Waals surface area (Å²) in [5.41, 5.74) is 4.40. The summed E-state index contributed by atoms with van der Waals surface area (Å²) < 4.78 is 11.7. The Hall–Kier alpha value is -3.73. The van der Waals surface area contributed by atoms with Gasteiger partial charge in [-0.1, -0.05) is 24.3 Å². The topological polar surface area (TPSA) is 64.7 Å². The molecule has 0 saturated carbocycles. The monoisotopic (exact) mass is 366 g/mol. The van der Waals surface area contributed by atoms with Crippen molar-refractivity contribution < 1.29 is 9.15 Å². The molecule has 0 unspecified atom stereocenters. The zero-order valence-corrected chi connectivity index (χ0v) is 14.8. The minimum atomic E-state index is -0.389. The lowest BCUT2D eigenvalue weighted by molar-refractivity contribution is 0.509. The van der Waals surface area contributed by atoms with Crippen LogP contribution in [0.5, 0.6) is 5.75 Å². The van der Waals surface area contributed by atoms with Crippen LogP contribution in [-0.4, -0.2) is 11.2 Å². The number of allylic oxidation sites excluding steroid dienone is 1. The second-order valence-corrected chi connectivity index (χ2v) is 6.95. The molecule has 6 rings (SSSR count). The molecule has 4 aromatic rings. The summed E-state index contributed by atoms with van der Waals surface area (Å²) in [6.45, 7) is 0. The fourth-order valence-corrected chi connectivity index (χ4v) is 3.90. The van der Waals surface area contributed by atoms with E-state index >= 15 is 0 Å². The van der Waals surface area contributed by atoms with Crippen molar-refractivity contribution in [2.45, 2.75) is 12.8 Å². The van der Waals surface area contributed by atoms with Crippen LogP contribution in [0.25, 0.3) is 27.6 Å². The van der Waals surface area contributed by atoms with Crippen LogP contribution in [0.15, 0.2) is 74.4 Å². The molecule has 2 aliphatic rings. The maximum atomic E-state index is 12.6. The average Bonchev–Trinajstić information content (AvgIpc) is 2.92. The van der Waals surface area contributed by atoms with E-state index in [0.717, 1.165) is 46.5 Å². The van der Waals surface area contributed by atoms with Gasteiger partial charge in [-0.2, -0.15) is 0 Å². The van der Waals surface area contributed by atoms with Gasteiger partial charge in [-0.3, -0.25) is 9.98 Å². The predicted molar refractivity (Wildman–Crippen MR) is 108 cm³/mol. The van der Waals surface area contributed by atoms with Gasteiger partial charge in [0, 0.05) is 22.7 Å². The lowest BCUT2D eigenvalue weighted by atomic mass is 9.93. The van der Waals surface area contributed by atoms with Crippen molar-refractivity contribution in [2.24, 2.45) is 4.99 Å². The normalized spacial score (nSPS) is 15.0. The van der Waals surface area contributed by atoms with Gasteiger partial charge in [-0.05, 0) is 43.2 Å². The van der Waals surface area contributed by atoms with Crippen LogP contribution >= 0.6 is 0 Å². The third-order valence-corrected chi connectivity index (χ3v) is 5.27. The molecule has 0 spiro atoms. The first kappa shape index (κ1) is 15.3. The third kappa shape index (κ3) is 2.16. The molecule has 0 saturated heterocycles. The molecular formula is C23H14N2O3. The molecule has 5 heteroatoms. The Bertz CT molecular complexity index is 1410. The predicted octanol–water partition coefficient (Wildman–Crippen LogP) is 4.79. The van der Waals surface area contributed by atoms with Crippen molar-refractivity contribution in [1.29, 1.82) is 0 Å². The summed E-state index contributed by atoms with van der Waals surface area (Å²) >= 11 is 0. The number of ether oxygens (including phenoxy) is 1. The number of nitrogens with zero attached hydrogens (tertiary/aromatic N) is 2. The summed E-state index contributed by atoms with van der Waals surface area (Å²) in [7, 11) is 0. The minimum Gasteiger partial charge on any atom is -0.454 e. The van der Waals surface area contributed by atoms with Gasteiger partial charge in [0.25, 0.3) is 0 Å². The molecule has 0 bridgehead atoms. The zero-order chi connectivity index (χ0) is 18.7. The second kappa shape index (κ2) is 5.63. The largest absolute Gasteiger partial charge is 0.454 e. The summed E-state index contributed by atoms with van der Waals surface area (Å²) in [5.74, 6) is 1.42. The molecule has 2 aromatic heterocycles. The van der Waals surface area contributed by atoms with Crippen molar-refractivity contribution in [1.82, 2.24) is 4.98 Å². The van der Waals surface area contributed by atoms with Crippen LogP contribution in [0.1, 0.15) is 17.7 Å². The molecule has 28 heavy (non-hydrogen) atoms. The van der Waals surface area contributed by atoms with Crippen molar-refractivity contribution in [2.75, 3.05) is 0 Å². The van der Waals surface area contributed by atoms with E-state index in [9.17, 15) is 4.79 Å². The fourth-order valence-electron chi connectivity index (χ4n) is 3.90. The molecule has 0 atom stereocenters. The van der Waals surface area contributed by atoms with Gasteiger partial charge in [0.1, 0.15) is 17.0 Å². The quantitative estimate of drug-likeness (QED) is 0.331. The number of pyridine rings is 1. The van der Waals surface area contributed by atoms with Crippen LogP contribution in [0.3, 0.4) is 0 Å². The molecule has 0 N–H and O–H groups in total. The zero-order valence-electron chi connectivity index (χ0n) is 14.8. The average molecular weight is 366 g/mol. The standard InChI is InChI=1S/C23H14N2O3/c26-23-16-11-15-17(25-21(16)14-5-1-3-7-19(14)28-23)10-9-13-12-24-18-6-2-4-8-20(18)27-22(13)15/h1-8,11-12H,9-10H2. The van der Waals surface area contributed by atoms with E-state index in [2.05, 4.69) is 4.99 Å². The van der Waals surface area contributed by atoms with E-state index in [1.807, 2.05) is 54.7 Å². The number of hydrogen-bond donors (Lipinski definition) is 0. The Labute approximate surface area is 159 Å². The molecule has 5 nitrogen and oxygen atoms in total. The van der Waals surface area contributed by atoms with Gasteiger partial charge >= 0.3 is 5.63 Å². The number of benzene rings is 2. The molecule has 2 aromatic carbocycles. The van der Waals surface area contributed by atoms with E-state index in [0.29, 0.717) is 22.2 Å². The number of fused-ring (bicyclic) bond motifs is 6. The van der Waals surface area contributed by atoms with E-state index in [-0.39, 0.29) is 5.63 Å². The van der Waals surface area contributed by atoms with Gasteiger partial charge in [0.2, 0.25) is 0 Å². The van der Waals surface area contributed by atoms with Gasteiger partial charge in [0.05, 0.1) is 16.6 Å². The van der Waals surface area contributed by atoms with Crippen molar-refractivity contribution >= 4 is 39.5 Å². The second-order valence-electron chi connectivity index (χ2n) is 6.95. The van der Waals surface area contributed by atoms with Gasteiger partial charge in [0.15, 0.2) is 5.75 Å². The fraction of sp³-hybridized carbons (Fsp3) is 0.0870. The molecule has 3 heterocycles. The van der Waals surface area contributed by atoms with Gasteiger partial charge in [-0.15, -0.1) is 0 Å². The molecule has 134 valence electrons. The Balaban J connectivity index is 1.63. The van der Waals surface area contributed by atoms with Crippen molar-refractivity contribution in [3.8, 4) is 5.75 Å². The van der Waals surface area contributed by atoms with Crippen LogP contribution in [0, 0.1) is 0 Å². The Morgan fingerprint density at radius 3 is 2.75 bits per heavy atom. The van der Waals surface area contributed by atoms with Crippen LogP contribution in [0.4, 0.5) is 5.69 Å². The molecule has 0 amide bonds. The minimum absolute atomic E-state index is 0.389. The SMILES string of the molecule is O=c1oc2ccccc2c2nc3c(cc12)C1=C(C=Nc2ccccc2O1)CC3. The third-order valence-electron chi connectivity index (χ3n) is 5.27. The first-order valence-electron chi connectivity index (χ1n) is 9.18. The number of hydrogen-bond acceptors (Lipinski definition) is 5. The number of rotatable bonds is 0. The van der Waals surface area contributed by atoms with Crippen molar-refractivity contribution in [3.05, 3.63) is 81.8 Å². The number of para-hydroxylation sites is 3. The van der Waals surface area contributed by atoms with E-state index in [1.54, 1.807) is 6.07 Å². The van der Waals surface area contributed by atoms with Crippen LogP contribution in [-0.2, 0) is 6.42 Å². The summed E-state index contributed by atoms with van der Waals surface area (Å²) in [6, 6.07) is 17.0. The highest BCUT2D eigenvalue weighted by Gasteiger charge is 2.25. The van der Waals surface area contributed by atoms with Gasteiger partial charge in [-0.25, -0.2) is 4.79 Å². The molecular weight excluding hydrogens is 352 g/mol. The lowest BCUT2D eigenvalue weighted by Crippen LogP contribution is -2.13. The maximum absolute atomic E-state index is 12.6. The molecule has 0 radical (unpaired) electrons. The van der Waals surface area contributed by atoms with Gasteiger partial charge < -0.3 is 9.15 Å². The lowest BCUT2D eigenvalue weighted by Gasteiger charge is -2.20. The summed E-state index contributed by atoms with van der Waals surface area (Å²) in [6.07, 6.45) is 3.42. The number of aromatic nitrogens is 1. The molecule has 0 fully saturated rings. The van der Waals surface area contributed by atoms with Crippen LogP contribution in [0.2, 0.25) is 0 Å². The van der Waals surface area contributed by atoms with Crippen LogP contribution < -0.4 is 10.4 Å². The number of aryl methyl sites for hydroxylation is 1.